The number of Topliss-reactive ketones (excluding diaryl/α,β-unsaturated/α-hetero) is 1. The summed E-state index contributed by atoms with van der Waals surface area (Å²) in [6.45, 7) is -0.164. The third-order valence-electron chi connectivity index (χ3n) is 12.8. The summed E-state index contributed by atoms with van der Waals surface area (Å²) in [6.07, 6.45) is 6.88. The van der Waals surface area contributed by atoms with Crippen LogP contribution in [-0.4, -0.2) is 69.7 Å². The number of carbonyl (C=O) groups is 2. The molecule has 3 aromatic carbocycles. The number of phenols is 2. The molecule has 0 spiro atoms. The molecule has 298 valence electrons. The van der Waals surface area contributed by atoms with Crippen molar-refractivity contribution in [3.8, 4) is 34.8 Å². The predicted molar refractivity (Wildman–Crippen MR) is 215 cm³/mol. The third-order valence-corrected chi connectivity index (χ3v) is 12.8. The molecule has 57 heavy (non-hydrogen) atoms. The molecule has 4 aliphatic rings. The molecular weight excluding hydrogens is 723 g/mol. The molecule has 0 unspecified atom stereocenters. The van der Waals surface area contributed by atoms with E-state index in [0.717, 1.165) is 76.5 Å². The second-order valence-electron chi connectivity index (χ2n) is 16.2. The largest absolute Gasteiger partial charge is 0.504 e. The summed E-state index contributed by atoms with van der Waals surface area (Å²) >= 11 is 0. The summed E-state index contributed by atoms with van der Waals surface area (Å²) in [6, 6.07) is 16.8. The number of phenolic OH excluding ortho intramolecular Hbond substituents is 2. The molecule has 1 aliphatic heterocycles. The number of hydrogen-bond acceptors (Lipinski definition) is 9. The number of methoxy groups -OCH3 is 1. The predicted octanol–water partition coefficient (Wildman–Crippen LogP) is 7.13. The number of benzene rings is 3. The second kappa shape index (κ2) is 16.7. The molecule has 7 atom stereocenters. The van der Waals surface area contributed by atoms with Crippen LogP contribution in [0.15, 0.2) is 60.7 Å². The number of aromatic nitrogens is 1. The maximum absolute atomic E-state index is 14.6. The van der Waals surface area contributed by atoms with Crippen LogP contribution in [0, 0.1) is 35.5 Å². The number of H-pyrrole nitrogens is 1. The smallest absolute Gasteiger partial charge is 0.318 e. The number of aliphatic hydroxyl groups is 2. The first kappa shape index (κ1) is 38.6. The van der Waals surface area contributed by atoms with E-state index in [1.165, 1.54) is 6.07 Å². The quantitative estimate of drug-likeness (QED) is 0.0973. The number of cyclic esters (lactones) is 1. The Labute approximate surface area is 332 Å². The number of allylic oxidation sites excluding steroid dienone is 1. The summed E-state index contributed by atoms with van der Waals surface area (Å²) in [5.74, 6) is 6.95. The first-order valence-electron chi connectivity index (χ1n) is 20.3. The fraction of sp³-hybridized carbons (Fsp3) is 0.447. The molecule has 8 rings (SSSR count). The molecule has 2 heterocycles. The fourth-order valence-corrected chi connectivity index (χ4v) is 10.3. The molecule has 0 radical (unpaired) electrons. The number of fused-ring (bicyclic) bond motifs is 8. The van der Waals surface area contributed by atoms with E-state index in [1.807, 2.05) is 24.3 Å². The Hall–Kier alpha value is -5.24. The molecule has 2 fully saturated rings. The van der Waals surface area contributed by atoms with Crippen molar-refractivity contribution < 1.29 is 44.2 Å². The average Bonchev–Trinajstić information content (AvgIpc) is 3.51. The number of aliphatic hydroxyl groups excluding tert-OH is 2. The number of nitrogens with one attached hydrogen (secondary N) is 1. The van der Waals surface area contributed by atoms with Gasteiger partial charge in [-0.2, -0.15) is 0 Å². The molecule has 3 aliphatic carbocycles. The highest BCUT2D eigenvalue weighted by Crippen LogP contribution is 2.57. The summed E-state index contributed by atoms with van der Waals surface area (Å²) in [5.41, 5.74) is 6.47. The van der Waals surface area contributed by atoms with Gasteiger partial charge in [0.05, 0.1) is 25.5 Å². The Bertz CT molecular complexity index is 2240. The van der Waals surface area contributed by atoms with Crippen LogP contribution in [-0.2, 0) is 27.2 Å². The average molecular weight is 774 g/mol. The fourth-order valence-electron chi connectivity index (χ4n) is 10.3. The van der Waals surface area contributed by atoms with Gasteiger partial charge in [-0.05, 0) is 127 Å². The van der Waals surface area contributed by atoms with E-state index in [1.54, 1.807) is 25.3 Å². The number of carbonyl (C=O) groups excluding carboxylic acids is 2. The van der Waals surface area contributed by atoms with E-state index in [9.17, 15) is 30.0 Å². The summed E-state index contributed by atoms with van der Waals surface area (Å²) in [5, 5.41) is 42.7. The Balaban J connectivity index is 1.24. The number of aromatic hydroxyl groups is 2. The van der Waals surface area contributed by atoms with E-state index in [4.69, 9.17) is 14.2 Å². The highest BCUT2D eigenvalue weighted by molar-refractivity contribution is 5.94. The number of para-hydroxylation sites is 1. The molecule has 10 heteroatoms. The van der Waals surface area contributed by atoms with Crippen molar-refractivity contribution in [2.45, 2.75) is 88.8 Å². The summed E-state index contributed by atoms with van der Waals surface area (Å²) in [7, 11) is 1.54. The van der Waals surface area contributed by atoms with Crippen LogP contribution in [0.2, 0.25) is 0 Å². The maximum atomic E-state index is 14.6. The minimum atomic E-state index is -0.719. The van der Waals surface area contributed by atoms with Crippen LogP contribution in [0.25, 0.3) is 16.5 Å². The molecule has 2 saturated carbocycles. The van der Waals surface area contributed by atoms with Crippen molar-refractivity contribution in [2.75, 3.05) is 20.3 Å². The highest BCUT2D eigenvalue weighted by atomic mass is 16.5. The van der Waals surface area contributed by atoms with Gasteiger partial charge in [0.2, 0.25) is 0 Å². The Morgan fingerprint density at radius 2 is 1.77 bits per heavy atom. The third kappa shape index (κ3) is 8.01. The van der Waals surface area contributed by atoms with Crippen molar-refractivity contribution in [3.63, 3.8) is 0 Å². The van der Waals surface area contributed by atoms with E-state index >= 15 is 0 Å². The van der Waals surface area contributed by atoms with Gasteiger partial charge in [-0.3, -0.25) is 9.59 Å². The minimum absolute atomic E-state index is 0.0167. The topological polar surface area (TPSA) is 159 Å². The first-order valence-corrected chi connectivity index (χ1v) is 20.3. The molecule has 5 N–H and O–H groups in total. The van der Waals surface area contributed by atoms with Gasteiger partial charge < -0.3 is 39.6 Å². The van der Waals surface area contributed by atoms with Crippen LogP contribution >= 0.6 is 0 Å². The van der Waals surface area contributed by atoms with Gasteiger partial charge in [0.15, 0.2) is 23.0 Å². The monoisotopic (exact) mass is 773 g/mol. The van der Waals surface area contributed by atoms with Gasteiger partial charge in [0, 0.05) is 35.7 Å². The number of aryl methyl sites for hydroxylation is 1. The van der Waals surface area contributed by atoms with Crippen molar-refractivity contribution in [2.24, 2.45) is 23.7 Å². The van der Waals surface area contributed by atoms with Crippen LogP contribution in [0.1, 0.15) is 91.7 Å². The van der Waals surface area contributed by atoms with Crippen molar-refractivity contribution in [1.82, 2.24) is 4.98 Å². The number of hydrogen-bond donors (Lipinski definition) is 5. The van der Waals surface area contributed by atoms with Crippen LogP contribution in [0.4, 0.5) is 0 Å². The second-order valence-corrected chi connectivity index (χ2v) is 16.2. The van der Waals surface area contributed by atoms with Crippen molar-refractivity contribution >= 4 is 28.2 Å². The Morgan fingerprint density at radius 1 is 0.930 bits per heavy atom. The molecule has 2 bridgehead atoms. The van der Waals surface area contributed by atoms with E-state index < -0.39 is 12.1 Å². The van der Waals surface area contributed by atoms with Gasteiger partial charge in [-0.1, -0.05) is 42.2 Å². The van der Waals surface area contributed by atoms with Crippen LogP contribution in [0.5, 0.6) is 23.0 Å². The number of ether oxygens (including phenoxy) is 3. The first-order chi connectivity index (χ1) is 27.7. The lowest BCUT2D eigenvalue weighted by Gasteiger charge is -2.49. The van der Waals surface area contributed by atoms with Crippen molar-refractivity contribution in [3.05, 3.63) is 88.6 Å². The lowest BCUT2D eigenvalue weighted by atomic mass is 9.56. The van der Waals surface area contributed by atoms with Crippen molar-refractivity contribution in [1.29, 1.82) is 0 Å². The van der Waals surface area contributed by atoms with E-state index in [2.05, 4.69) is 29.0 Å². The van der Waals surface area contributed by atoms with Gasteiger partial charge in [-0.15, -0.1) is 0 Å². The van der Waals surface area contributed by atoms with E-state index in [0.29, 0.717) is 30.9 Å². The minimum Gasteiger partial charge on any atom is -0.504 e. The van der Waals surface area contributed by atoms with Gasteiger partial charge >= 0.3 is 5.97 Å². The van der Waals surface area contributed by atoms with Gasteiger partial charge in [-0.25, -0.2) is 0 Å². The van der Waals surface area contributed by atoms with Gasteiger partial charge in [0.1, 0.15) is 24.9 Å². The zero-order valence-corrected chi connectivity index (χ0v) is 32.3. The normalized spacial score (nSPS) is 26.1. The number of aromatic amines is 1. The molecule has 10 nitrogen and oxygen atoms in total. The lowest BCUT2D eigenvalue weighted by Crippen LogP contribution is -2.42. The summed E-state index contributed by atoms with van der Waals surface area (Å²) in [4.78, 5) is 31.7. The van der Waals surface area contributed by atoms with Crippen LogP contribution in [0.3, 0.4) is 0 Å². The molecule has 0 saturated heterocycles. The van der Waals surface area contributed by atoms with E-state index in [-0.39, 0.29) is 85.3 Å². The zero-order chi connectivity index (χ0) is 39.6. The lowest BCUT2D eigenvalue weighted by molar-refractivity contribution is -0.149. The molecular formula is C47H51NO9. The molecule has 0 amide bonds. The van der Waals surface area contributed by atoms with Crippen LogP contribution < -0.4 is 9.47 Å². The SMILES string of the molecule is COc1cc2c(cc1O)C1=C[C@H]3CC[C@@H]4C[C@H](O)CC[C@H]4[C@@H]3[C@@H]2CC(=O)C[C@@H](CCc2ccc(O)c(OCCO)c2)OC(=O)CC#CCc2c1[nH]c1ccccc21. The number of esters is 1. The number of rotatable bonds is 7. The Kier molecular flexibility index (Phi) is 11.3. The standard InChI is InChI=1S/C47H51NO9/c1-55-43-26-37-36(25-42(43)53)39-22-29-13-12-28-21-30(50)14-16-33(28)46(29)38(37)24-31(51)23-32(15-10-27-11-17-41(52)44(20-27)56-19-18-49)57-45(54)9-5-3-7-35-34-6-2-4-8-40(34)48-47(35)39/h2,4,6,8,11,17,20,22,25-26,28-30,32-33,38,46,48-50,52-53H,7,9-10,12-16,18-19,21,23-24H2,1H3/t28-,29-,30-,32-,33-,38-,46-/m1/s1. The highest BCUT2D eigenvalue weighted by Gasteiger charge is 2.48. The molecule has 1 aromatic heterocycles. The zero-order valence-electron chi connectivity index (χ0n) is 32.3. The maximum Gasteiger partial charge on any atom is 0.318 e. The summed E-state index contributed by atoms with van der Waals surface area (Å²) < 4.78 is 17.3. The Morgan fingerprint density at radius 3 is 2.61 bits per heavy atom. The van der Waals surface area contributed by atoms with Gasteiger partial charge in [0.25, 0.3) is 0 Å². The molecule has 4 aromatic rings. The number of ketones is 1.